The number of ether oxygens (including phenoxy) is 1. The third-order valence-electron chi connectivity index (χ3n) is 3.38. The highest BCUT2D eigenvalue weighted by atomic mass is 35.5. The second-order valence-corrected chi connectivity index (χ2v) is 6.94. The number of anilines is 1. The van der Waals surface area contributed by atoms with Crippen LogP contribution in [0.25, 0.3) is 11.5 Å². The first-order valence-electron chi connectivity index (χ1n) is 7.62. The summed E-state index contributed by atoms with van der Waals surface area (Å²) in [6, 6.07) is 8.60. The molecule has 1 aromatic carbocycles. The summed E-state index contributed by atoms with van der Waals surface area (Å²) in [4.78, 5) is 16.5. The zero-order valence-corrected chi connectivity index (χ0v) is 15.5. The van der Waals surface area contributed by atoms with Gasteiger partial charge in [-0.25, -0.2) is 0 Å². The highest BCUT2D eigenvalue weighted by molar-refractivity contribution is 8.00. The number of pyridine rings is 1. The Morgan fingerprint density at radius 3 is 2.92 bits per heavy atom. The number of rotatable bonds is 6. The van der Waals surface area contributed by atoms with Crippen LogP contribution < -0.4 is 10.1 Å². The summed E-state index contributed by atoms with van der Waals surface area (Å²) in [5.41, 5.74) is 1.21. The number of methoxy groups -OCH3 is 1. The van der Waals surface area contributed by atoms with Crippen LogP contribution in [-0.4, -0.2) is 33.4 Å². The minimum absolute atomic E-state index is 0.239. The van der Waals surface area contributed by atoms with Crippen LogP contribution in [0.1, 0.15) is 6.92 Å². The van der Waals surface area contributed by atoms with Gasteiger partial charge in [-0.1, -0.05) is 23.4 Å². The summed E-state index contributed by atoms with van der Waals surface area (Å²) in [6.45, 7) is 1.74. The zero-order chi connectivity index (χ0) is 18.5. The normalized spacial score (nSPS) is 11.8. The number of amides is 1. The van der Waals surface area contributed by atoms with Gasteiger partial charge in [-0.05, 0) is 37.3 Å². The fourth-order valence-electron chi connectivity index (χ4n) is 2.08. The quantitative estimate of drug-likeness (QED) is 0.638. The number of benzene rings is 1. The summed E-state index contributed by atoms with van der Waals surface area (Å²) in [5, 5.41) is 11.1. The maximum atomic E-state index is 12.4. The number of aromatic nitrogens is 3. The fourth-order valence-corrected chi connectivity index (χ4v) is 2.94. The summed E-state index contributed by atoms with van der Waals surface area (Å²) >= 11 is 7.13. The molecule has 7 nitrogen and oxygen atoms in total. The Kier molecular flexibility index (Phi) is 5.75. The van der Waals surface area contributed by atoms with Gasteiger partial charge >= 0.3 is 0 Å². The lowest BCUT2D eigenvalue weighted by Gasteiger charge is -2.13. The molecule has 2 heterocycles. The van der Waals surface area contributed by atoms with Gasteiger partial charge < -0.3 is 14.5 Å². The predicted octanol–water partition coefficient (Wildman–Crippen LogP) is 3.91. The number of nitrogens with one attached hydrogen (secondary N) is 1. The standard InChI is InChI=1S/C17H15ClN4O3S/c1-10(15(23)20-13-8-12(18)5-6-14(13)24-2)26-17-22-21-16(25-17)11-4-3-7-19-9-11/h3-10H,1-2H3,(H,20,23)/t10-/m0/s1. The van der Waals surface area contributed by atoms with Gasteiger partial charge in [-0.2, -0.15) is 0 Å². The number of halogens is 1. The number of carbonyl (C=O) groups excluding carboxylic acids is 1. The topological polar surface area (TPSA) is 90.1 Å². The molecule has 26 heavy (non-hydrogen) atoms. The first-order chi connectivity index (χ1) is 12.6. The van der Waals surface area contributed by atoms with Crippen LogP contribution in [0, 0.1) is 0 Å². The van der Waals surface area contributed by atoms with Crippen molar-refractivity contribution in [1.82, 2.24) is 15.2 Å². The maximum absolute atomic E-state index is 12.4. The molecular formula is C17H15ClN4O3S. The van der Waals surface area contributed by atoms with E-state index in [0.717, 1.165) is 11.8 Å². The molecule has 0 bridgehead atoms. The number of carbonyl (C=O) groups is 1. The van der Waals surface area contributed by atoms with E-state index in [9.17, 15) is 4.79 Å². The summed E-state index contributed by atoms with van der Waals surface area (Å²) < 4.78 is 10.8. The first-order valence-corrected chi connectivity index (χ1v) is 8.87. The van der Waals surface area contributed by atoms with Crippen molar-refractivity contribution in [1.29, 1.82) is 0 Å². The van der Waals surface area contributed by atoms with E-state index in [1.165, 1.54) is 7.11 Å². The van der Waals surface area contributed by atoms with E-state index in [1.54, 1.807) is 43.6 Å². The van der Waals surface area contributed by atoms with Gasteiger partial charge in [0.2, 0.25) is 11.8 Å². The highest BCUT2D eigenvalue weighted by Gasteiger charge is 2.20. The molecule has 1 amide bonds. The Hall–Kier alpha value is -2.58. The molecule has 3 aromatic rings. The number of hydrogen-bond donors (Lipinski definition) is 1. The molecule has 1 N–H and O–H groups in total. The molecule has 0 radical (unpaired) electrons. The minimum Gasteiger partial charge on any atom is -0.495 e. The summed E-state index contributed by atoms with van der Waals surface area (Å²) in [5.74, 6) is 0.637. The SMILES string of the molecule is COc1ccc(Cl)cc1NC(=O)[C@H](C)Sc1nnc(-c2cccnc2)o1. The van der Waals surface area contributed by atoms with E-state index in [2.05, 4.69) is 20.5 Å². The Morgan fingerprint density at radius 1 is 1.35 bits per heavy atom. The molecule has 134 valence electrons. The van der Waals surface area contributed by atoms with Crippen molar-refractivity contribution in [2.24, 2.45) is 0 Å². The van der Waals surface area contributed by atoms with E-state index in [0.29, 0.717) is 33.1 Å². The average Bonchev–Trinajstić information content (AvgIpc) is 3.11. The number of thioether (sulfide) groups is 1. The molecule has 0 unspecified atom stereocenters. The van der Waals surface area contributed by atoms with Gasteiger partial charge in [-0.15, -0.1) is 10.2 Å². The van der Waals surface area contributed by atoms with Crippen LogP contribution >= 0.6 is 23.4 Å². The largest absolute Gasteiger partial charge is 0.495 e. The Balaban J connectivity index is 1.67. The fraction of sp³-hybridized carbons (Fsp3) is 0.176. The average molecular weight is 391 g/mol. The van der Waals surface area contributed by atoms with E-state index in [4.69, 9.17) is 20.8 Å². The van der Waals surface area contributed by atoms with Crippen molar-refractivity contribution in [3.63, 3.8) is 0 Å². The Bertz CT molecular complexity index is 904. The molecule has 0 saturated carbocycles. The Labute approximate surface area is 159 Å². The van der Waals surface area contributed by atoms with E-state index >= 15 is 0 Å². The molecule has 0 saturated heterocycles. The smallest absolute Gasteiger partial charge is 0.277 e. The lowest BCUT2D eigenvalue weighted by Crippen LogP contribution is -2.22. The third-order valence-corrected chi connectivity index (χ3v) is 4.55. The van der Waals surface area contributed by atoms with E-state index in [-0.39, 0.29) is 5.91 Å². The predicted molar refractivity (Wildman–Crippen MR) is 99.5 cm³/mol. The summed E-state index contributed by atoms with van der Waals surface area (Å²) in [7, 11) is 1.52. The third kappa shape index (κ3) is 4.33. The van der Waals surface area contributed by atoms with Crippen LogP contribution in [0.4, 0.5) is 5.69 Å². The molecule has 9 heteroatoms. The lowest BCUT2D eigenvalue weighted by molar-refractivity contribution is -0.115. The van der Waals surface area contributed by atoms with E-state index in [1.807, 2.05) is 6.07 Å². The molecular weight excluding hydrogens is 376 g/mol. The Morgan fingerprint density at radius 2 is 2.19 bits per heavy atom. The molecule has 0 aliphatic heterocycles. The summed E-state index contributed by atoms with van der Waals surface area (Å²) in [6.07, 6.45) is 3.29. The van der Waals surface area contributed by atoms with Gasteiger partial charge in [-0.3, -0.25) is 9.78 Å². The number of hydrogen-bond acceptors (Lipinski definition) is 7. The monoisotopic (exact) mass is 390 g/mol. The highest BCUT2D eigenvalue weighted by Crippen LogP contribution is 2.30. The second kappa shape index (κ2) is 8.20. The van der Waals surface area contributed by atoms with Crippen molar-refractivity contribution in [2.75, 3.05) is 12.4 Å². The second-order valence-electron chi connectivity index (χ2n) is 5.21. The molecule has 1 atom stereocenters. The van der Waals surface area contributed by atoms with Crippen molar-refractivity contribution in [3.05, 3.63) is 47.7 Å². The van der Waals surface area contributed by atoms with Crippen molar-refractivity contribution in [2.45, 2.75) is 17.4 Å². The molecule has 2 aromatic heterocycles. The molecule has 0 aliphatic rings. The molecule has 3 rings (SSSR count). The van der Waals surface area contributed by atoms with Crippen LogP contribution in [0.3, 0.4) is 0 Å². The van der Waals surface area contributed by atoms with Crippen LogP contribution in [0.15, 0.2) is 52.4 Å². The lowest BCUT2D eigenvalue weighted by atomic mass is 10.3. The van der Waals surface area contributed by atoms with Gasteiger partial charge in [0.25, 0.3) is 5.22 Å². The maximum Gasteiger partial charge on any atom is 0.277 e. The van der Waals surface area contributed by atoms with Gasteiger partial charge in [0.05, 0.1) is 23.6 Å². The van der Waals surface area contributed by atoms with Gasteiger partial charge in [0.15, 0.2) is 0 Å². The first kappa shape index (κ1) is 18.2. The number of nitrogens with zero attached hydrogens (tertiary/aromatic N) is 3. The van der Waals surface area contributed by atoms with Crippen molar-refractivity contribution in [3.8, 4) is 17.2 Å². The van der Waals surface area contributed by atoms with Crippen LogP contribution in [-0.2, 0) is 4.79 Å². The van der Waals surface area contributed by atoms with Crippen molar-refractivity contribution < 1.29 is 13.9 Å². The van der Waals surface area contributed by atoms with Crippen molar-refractivity contribution >= 4 is 35.0 Å². The molecule has 0 aliphatic carbocycles. The molecule has 0 fully saturated rings. The minimum atomic E-state index is -0.471. The van der Waals surface area contributed by atoms with E-state index < -0.39 is 5.25 Å². The molecule has 0 spiro atoms. The van der Waals surface area contributed by atoms with Gasteiger partial charge in [0.1, 0.15) is 5.75 Å². The zero-order valence-electron chi connectivity index (χ0n) is 14.0. The van der Waals surface area contributed by atoms with Crippen LogP contribution in [0.2, 0.25) is 5.02 Å². The van der Waals surface area contributed by atoms with Gasteiger partial charge in [0, 0.05) is 17.4 Å². The van der Waals surface area contributed by atoms with Crippen LogP contribution in [0.5, 0.6) is 5.75 Å².